The summed E-state index contributed by atoms with van der Waals surface area (Å²) < 4.78 is 116. The van der Waals surface area contributed by atoms with E-state index >= 15 is 0 Å². The number of amides is 2. The van der Waals surface area contributed by atoms with Gasteiger partial charge in [0.2, 0.25) is 17.8 Å². The van der Waals surface area contributed by atoms with Crippen LogP contribution in [0.15, 0.2) is 114 Å². The number of hydrogen-bond donors (Lipinski definition) is 5. The fourth-order valence-corrected chi connectivity index (χ4v) is 7.49. The van der Waals surface area contributed by atoms with Gasteiger partial charge in [-0.05, 0) is 124 Å². The molecule has 0 saturated carbocycles. The number of aromatic nitrogens is 4. The Hall–Kier alpha value is -8.25. The van der Waals surface area contributed by atoms with Gasteiger partial charge in [-0.3, -0.25) is 19.4 Å². The lowest BCUT2D eigenvalue weighted by molar-refractivity contribution is -0.138. The number of isothiocyanates is 1. The van der Waals surface area contributed by atoms with Crippen LogP contribution in [-0.4, -0.2) is 92.6 Å². The molecule has 0 aliphatic carbocycles. The SMILES string of the molecule is CCCN(CC)CC(=O)Nc1cc(Oc2ccc(NC)c(N)c2)ccn1.CCCN(CC)CC(=O)Nc1cc(Oc2ccc3c(c2)nc(Nc2cc(C(F)(F)F)ccc2F)n3C)ccn1.Fc1ccc(C(F)(F)F)cc1N=C=S. The van der Waals surface area contributed by atoms with Crippen LogP contribution in [0, 0.1) is 11.6 Å². The molecule has 0 radical (unpaired) electrons. The largest absolute Gasteiger partial charge is 0.457 e. The van der Waals surface area contributed by atoms with Crippen LogP contribution in [0.5, 0.6) is 23.0 Å². The number of nitrogens with one attached hydrogen (secondary N) is 4. The van der Waals surface area contributed by atoms with Gasteiger partial charge in [0.1, 0.15) is 52.0 Å². The van der Waals surface area contributed by atoms with Crippen molar-refractivity contribution in [2.75, 3.05) is 73.3 Å². The molecule has 3 heterocycles. The highest BCUT2D eigenvalue weighted by atomic mass is 32.1. The summed E-state index contributed by atoms with van der Waals surface area (Å²) in [6, 6.07) is 21.2. The van der Waals surface area contributed by atoms with Crippen LogP contribution in [-0.2, 0) is 29.0 Å². The molecule has 0 spiro atoms. The van der Waals surface area contributed by atoms with E-state index in [4.69, 9.17) is 15.2 Å². The normalized spacial score (nSPS) is 11.2. The van der Waals surface area contributed by atoms with E-state index in [9.17, 15) is 44.7 Å². The number of nitrogens with zero attached hydrogens (tertiary/aromatic N) is 7. The predicted molar refractivity (Wildman–Crippen MR) is 293 cm³/mol. The minimum atomic E-state index is -4.61. The maximum Gasteiger partial charge on any atom is 0.416 e. The summed E-state index contributed by atoms with van der Waals surface area (Å²) in [6.45, 7) is 12.1. The van der Waals surface area contributed by atoms with Gasteiger partial charge >= 0.3 is 12.4 Å². The Labute approximate surface area is 456 Å². The van der Waals surface area contributed by atoms with Crippen molar-refractivity contribution in [1.82, 2.24) is 29.3 Å². The number of rotatable bonds is 20. The molecular formula is C54H58F8N12O4S. The second-order valence-electron chi connectivity index (χ2n) is 17.1. The monoisotopic (exact) mass is 1120 g/mol. The Morgan fingerprint density at radius 3 is 1.68 bits per heavy atom. The van der Waals surface area contributed by atoms with Crippen LogP contribution in [0.1, 0.15) is 51.7 Å². The quantitative estimate of drug-likeness (QED) is 0.0210. The Morgan fingerprint density at radius 2 is 1.19 bits per heavy atom. The van der Waals surface area contributed by atoms with Crippen LogP contribution < -0.4 is 36.5 Å². The van der Waals surface area contributed by atoms with Gasteiger partial charge in [0.15, 0.2) is 0 Å². The Morgan fingerprint density at radius 1 is 0.684 bits per heavy atom. The van der Waals surface area contributed by atoms with Crippen molar-refractivity contribution in [3.05, 3.63) is 132 Å². The van der Waals surface area contributed by atoms with Crippen molar-refractivity contribution >= 4 is 80.6 Å². The van der Waals surface area contributed by atoms with E-state index in [0.29, 0.717) is 88.2 Å². The maximum atomic E-state index is 14.2. The lowest BCUT2D eigenvalue weighted by Crippen LogP contribution is -2.33. The second-order valence-corrected chi connectivity index (χ2v) is 17.3. The van der Waals surface area contributed by atoms with Crippen molar-refractivity contribution in [3.8, 4) is 23.0 Å². The third-order valence-electron chi connectivity index (χ3n) is 11.3. The van der Waals surface area contributed by atoms with Crippen LogP contribution in [0.2, 0.25) is 0 Å². The van der Waals surface area contributed by atoms with Crippen molar-refractivity contribution in [2.24, 2.45) is 12.0 Å². The molecule has 0 unspecified atom stereocenters. The van der Waals surface area contributed by atoms with E-state index < -0.39 is 40.8 Å². The Kier molecular flexibility index (Phi) is 22.6. The summed E-state index contributed by atoms with van der Waals surface area (Å²) >= 11 is 4.17. The highest BCUT2D eigenvalue weighted by Crippen LogP contribution is 2.35. The fourth-order valence-electron chi connectivity index (χ4n) is 7.39. The molecule has 6 N–H and O–H groups in total. The minimum absolute atomic E-state index is 0.0902. The van der Waals surface area contributed by atoms with Crippen LogP contribution in [0.4, 0.5) is 75.5 Å². The van der Waals surface area contributed by atoms with E-state index in [1.165, 1.54) is 6.20 Å². The molecule has 3 aromatic heterocycles. The number of thiocarbonyl (C=S) groups is 1. The van der Waals surface area contributed by atoms with Crippen molar-refractivity contribution in [3.63, 3.8) is 0 Å². The number of nitrogen functional groups attached to an aromatic ring is 1. The number of carbonyl (C=O) groups excluding carboxylic acids is 2. The summed E-state index contributed by atoms with van der Waals surface area (Å²) in [4.78, 5) is 44.6. The molecule has 79 heavy (non-hydrogen) atoms. The van der Waals surface area contributed by atoms with Gasteiger partial charge in [-0.25, -0.2) is 23.7 Å². The first-order valence-electron chi connectivity index (χ1n) is 24.5. The molecule has 4 aromatic carbocycles. The highest BCUT2D eigenvalue weighted by Gasteiger charge is 2.32. The fraction of sp³-hybridized carbons (Fsp3) is 0.296. The molecule has 2 amide bonds. The smallest absolute Gasteiger partial charge is 0.416 e. The van der Waals surface area contributed by atoms with Crippen LogP contribution in [0.25, 0.3) is 11.0 Å². The number of benzene rings is 4. The lowest BCUT2D eigenvalue weighted by Gasteiger charge is -2.18. The molecule has 0 fully saturated rings. The molecule has 25 heteroatoms. The molecule has 0 aliphatic rings. The van der Waals surface area contributed by atoms with Crippen molar-refractivity contribution in [2.45, 2.75) is 52.9 Å². The number of hydrogen-bond acceptors (Lipinski definition) is 14. The van der Waals surface area contributed by atoms with E-state index in [0.717, 1.165) is 50.8 Å². The number of carbonyl (C=O) groups is 2. The molecule has 7 aromatic rings. The topological polar surface area (TPSA) is 189 Å². The maximum absolute atomic E-state index is 14.2. The number of fused-ring (bicyclic) bond motifs is 1. The summed E-state index contributed by atoms with van der Waals surface area (Å²) in [5.74, 6) is 1.04. The summed E-state index contributed by atoms with van der Waals surface area (Å²) in [5, 5.41) is 13.0. The molecule has 0 aliphatic heterocycles. The molecular weight excluding hydrogens is 1060 g/mol. The number of nitrogens with two attached hydrogens (primary N) is 1. The van der Waals surface area contributed by atoms with Gasteiger partial charge in [0, 0.05) is 50.8 Å². The third-order valence-corrected chi connectivity index (χ3v) is 11.4. The number of pyridine rings is 2. The minimum Gasteiger partial charge on any atom is -0.457 e. The van der Waals surface area contributed by atoms with Crippen LogP contribution in [0.3, 0.4) is 0 Å². The molecule has 0 bridgehead atoms. The number of anilines is 6. The number of halogens is 8. The standard InChI is InChI=1S/C27H28F4N6O2.C19H27N5O2.C8H3F4NS/c1-4-12-37(5-2)16-25(38)35-24-15-19(10-11-32-24)39-18-7-9-23-22(14-18)34-26(36(23)3)33-21-13-17(27(29,30)31)6-8-20(21)28;1-4-10-24(5-2)13-19(25)23-18-12-15(8-9-22-18)26-14-6-7-17(21-3)16(20)11-14;9-6-2-1-5(8(10,11)12)3-7(6)13-4-14/h6-11,13-15H,4-5,12,16H2,1-3H3,(H,33,34)(H,32,35,38);6-9,11-12,21H,4-5,10,13,20H2,1-3H3,(H,22,23,25);1-3H. The van der Waals surface area contributed by atoms with E-state index in [-0.39, 0.29) is 30.0 Å². The average molecular weight is 1120 g/mol. The second kappa shape index (κ2) is 28.9. The molecule has 0 atom stereocenters. The number of aryl methyl sites for hydroxylation is 1. The Bertz CT molecular complexity index is 3230. The predicted octanol–water partition coefficient (Wildman–Crippen LogP) is 13.1. The van der Waals surface area contributed by atoms with Crippen molar-refractivity contribution in [1.29, 1.82) is 0 Å². The first-order chi connectivity index (χ1) is 37.6. The van der Waals surface area contributed by atoms with E-state index in [1.807, 2.05) is 37.9 Å². The number of likely N-dealkylation sites (N-methyl/N-ethyl adjacent to an activating group) is 2. The van der Waals surface area contributed by atoms with E-state index in [2.05, 4.69) is 72.2 Å². The number of imidazole rings is 1. The summed E-state index contributed by atoms with van der Waals surface area (Å²) in [6.07, 6.45) is -4.05. The zero-order valence-electron chi connectivity index (χ0n) is 43.8. The summed E-state index contributed by atoms with van der Waals surface area (Å²) in [7, 11) is 3.46. The number of ether oxygens (including phenoxy) is 2. The highest BCUT2D eigenvalue weighted by molar-refractivity contribution is 7.78. The first-order valence-corrected chi connectivity index (χ1v) is 24.9. The molecule has 420 valence electrons. The average Bonchev–Trinajstić information content (AvgIpc) is 3.77. The van der Waals surface area contributed by atoms with Crippen LogP contribution >= 0.6 is 12.2 Å². The van der Waals surface area contributed by atoms with Gasteiger partial charge < -0.3 is 41.0 Å². The first kappa shape index (κ1) is 61.6. The van der Waals surface area contributed by atoms with Crippen molar-refractivity contribution < 1.29 is 54.2 Å². The number of alkyl halides is 6. The van der Waals surface area contributed by atoms with Gasteiger partial charge in [0.05, 0.1) is 57.5 Å². The third kappa shape index (κ3) is 18.7. The van der Waals surface area contributed by atoms with Gasteiger partial charge in [-0.15, -0.1) is 0 Å². The molecule has 0 saturated heterocycles. The zero-order valence-corrected chi connectivity index (χ0v) is 44.6. The van der Waals surface area contributed by atoms with Gasteiger partial charge in [0.25, 0.3) is 0 Å². The molecule has 7 rings (SSSR count). The zero-order chi connectivity index (χ0) is 57.9. The summed E-state index contributed by atoms with van der Waals surface area (Å²) in [5.41, 5.74) is 5.76. The van der Waals surface area contributed by atoms with E-state index in [1.54, 1.807) is 71.5 Å². The Balaban J connectivity index is 0.000000246. The number of aliphatic imine (C=N–C) groups is 1. The van der Waals surface area contributed by atoms with Gasteiger partial charge in [-0.2, -0.15) is 31.3 Å². The lowest BCUT2D eigenvalue weighted by atomic mass is 10.2. The van der Waals surface area contributed by atoms with Gasteiger partial charge in [-0.1, -0.05) is 27.7 Å². The molecule has 16 nitrogen and oxygen atoms in total.